The van der Waals surface area contributed by atoms with Crippen molar-refractivity contribution in [3.8, 4) is 11.6 Å². The molecule has 0 radical (unpaired) electrons. The van der Waals surface area contributed by atoms with Gasteiger partial charge in [-0.15, -0.1) is 0 Å². The highest BCUT2D eigenvalue weighted by Gasteiger charge is 2.30. The molecule has 27 heavy (non-hydrogen) atoms. The first-order chi connectivity index (χ1) is 12.9. The van der Waals surface area contributed by atoms with Crippen molar-refractivity contribution in [2.75, 3.05) is 26.0 Å². The molecule has 2 heterocycles. The van der Waals surface area contributed by atoms with Gasteiger partial charge in [0.15, 0.2) is 0 Å². The van der Waals surface area contributed by atoms with Crippen LogP contribution in [0.1, 0.15) is 24.0 Å². The van der Waals surface area contributed by atoms with Gasteiger partial charge in [-0.1, -0.05) is 6.07 Å². The fraction of sp³-hybridized carbons (Fsp3) is 0.429. The number of hydrogen-bond acceptors (Lipinski definition) is 5. The fourth-order valence-corrected chi connectivity index (χ4v) is 3.08. The summed E-state index contributed by atoms with van der Waals surface area (Å²) in [6, 6.07) is 9.45. The Balaban J connectivity index is 1.54. The predicted molar refractivity (Wildman–Crippen MR) is 105 cm³/mol. The van der Waals surface area contributed by atoms with E-state index in [1.807, 2.05) is 39.2 Å². The number of carbonyl (C=O) groups excluding carboxylic acids is 1. The van der Waals surface area contributed by atoms with Gasteiger partial charge in [-0.25, -0.2) is 4.98 Å². The van der Waals surface area contributed by atoms with Crippen molar-refractivity contribution in [1.29, 1.82) is 0 Å². The third-order valence-electron chi connectivity index (χ3n) is 4.67. The molecule has 2 atom stereocenters. The Morgan fingerprint density at radius 1 is 1.22 bits per heavy atom. The molecule has 1 aromatic heterocycles. The second-order valence-electron chi connectivity index (χ2n) is 7.31. The molecule has 6 heteroatoms. The largest absolute Gasteiger partial charge is 0.439 e. The first-order valence-corrected chi connectivity index (χ1v) is 9.23. The predicted octanol–water partition coefficient (Wildman–Crippen LogP) is 3.54. The summed E-state index contributed by atoms with van der Waals surface area (Å²) in [5.74, 6) is 1.11. The van der Waals surface area contributed by atoms with E-state index in [4.69, 9.17) is 9.47 Å². The number of likely N-dealkylation sites (N-methyl/N-ethyl adjacent to an activating group) is 1. The molecular formula is C21H27N3O3. The van der Waals surface area contributed by atoms with Gasteiger partial charge in [-0.3, -0.25) is 4.79 Å². The standard InChI is InChI=1S/C21H27N3O3/c1-14-5-7-17(11-15(14)2)27-20-10-6-16(12-22-20)23-21(25)19-9-8-18(26-19)13-24(3)4/h5-7,10-12,18-19H,8-9,13H2,1-4H3,(H,23,25). The second-order valence-corrected chi connectivity index (χ2v) is 7.31. The zero-order chi connectivity index (χ0) is 19.4. The number of nitrogens with zero attached hydrogens (tertiary/aromatic N) is 2. The number of benzene rings is 1. The number of ether oxygens (including phenoxy) is 2. The van der Waals surface area contributed by atoms with Gasteiger partial charge in [0.25, 0.3) is 5.91 Å². The van der Waals surface area contributed by atoms with Gasteiger partial charge < -0.3 is 19.7 Å². The van der Waals surface area contributed by atoms with E-state index in [2.05, 4.69) is 22.1 Å². The quantitative estimate of drug-likeness (QED) is 0.844. The maximum atomic E-state index is 12.4. The Labute approximate surface area is 160 Å². The SMILES string of the molecule is Cc1ccc(Oc2ccc(NC(=O)C3CCC(CN(C)C)O3)cn2)cc1C. The Bertz CT molecular complexity index is 790. The molecular weight excluding hydrogens is 342 g/mol. The maximum Gasteiger partial charge on any atom is 0.253 e. The number of aromatic nitrogens is 1. The molecule has 1 fully saturated rings. The summed E-state index contributed by atoms with van der Waals surface area (Å²) in [7, 11) is 4.01. The van der Waals surface area contributed by atoms with E-state index in [0.29, 0.717) is 11.6 Å². The van der Waals surface area contributed by atoms with E-state index in [1.165, 1.54) is 11.1 Å². The van der Waals surface area contributed by atoms with Crippen LogP contribution >= 0.6 is 0 Å². The third-order valence-corrected chi connectivity index (χ3v) is 4.67. The van der Waals surface area contributed by atoms with Crippen LogP contribution in [0.5, 0.6) is 11.6 Å². The lowest BCUT2D eigenvalue weighted by Crippen LogP contribution is -2.31. The summed E-state index contributed by atoms with van der Waals surface area (Å²) in [4.78, 5) is 18.7. The van der Waals surface area contributed by atoms with Crippen molar-refractivity contribution < 1.29 is 14.3 Å². The highest BCUT2D eigenvalue weighted by Crippen LogP contribution is 2.24. The molecule has 2 unspecified atom stereocenters. The maximum absolute atomic E-state index is 12.4. The van der Waals surface area contributed by atoms with Crippen LogP contribution in [0.3, 0.4) is 0 Å². The molecule has 1 saturated heterocycles. The van der Waals surface area contributed by atoms with E-state index in [-0.39, 0.29) is 12.0 Å². The Kier molecular flexibility index (Phi) is 6.08. The van der Waals surface area contributed by atoms with Crippen molar-refractivity contribution >= 4 is 11.6 Å². The second kappa shape index (κ2) is 8.50. The van der Waals surface area contributed by atoms with Gasteiger partial charge in [0.05, 0.1) is 18.0 Å². The van der Waals surface area contributed by atoms with E-state index in [9.17, 15) is 4.79 Å². The summed E-state index contributed by atoms with van der Waals surface area (Å²) in [6.45, 7) is 4.93. The van der Waals surface area contributed by atoms with Gasteiger partial charge >= 0.3 is 0 Å². The topological polar surface area (TPSA) is 63.7 Å². The fourth-order valence-electron chi connectivity index (χ4n) is 3.08. The minimum absolute atomic E-state index is 0.114. The van der Waals surface area contributed by atoms with Crippen molar-refractivity contribution in [3.63, 3.8) is 0 Å². The minimum atomic E-state index is -0.401. The summed E-state index contributed by atoms with van der Waals surface area (Å²) in [6.07, 6.45) is 2.95. The van der Waals surface area contributed by atoms with Crippen LogP contribution in [0, 0.1) is 13.8 Å². The summed E-state index contributed by atoms with van der Waals surface area (Å²) in [5.41, 5.74) is 3.02. The molecule has 3 rings (SSSR count). The molecule has 6 nitrogen and oxygen atoms in total. The lowest BCUT2D eigenvalue weighted by molar-refractivity contribution is -0.126. The normalized spacial score (nSPS) is 19.3. The molecule has 0 saturated carbocycles. The first-order valence-electron chi connectivity index (χ1n) is 9.23. The van der Waals surface area contributed by atoms with Crippen LogP contribution in [0.15, 0.2) is 36.5 Å². The van der Waals surface area contributed by atoms with Gasteiger partial charge in [-0.05, 0) is 70.1 Å². The van der Waals surface area contributed by atoms with Crippen molar-refractivity contribution in [3.05, 3.63) is 47.7 Å². The summed E-state index contributed by atoms with van der Waals surface area (Å²) < 4.78 is 11.6. The number of amides is 1. The highest BCUT2D eigenvalue weighted by atomic mass is 16.5. The zero-order valence-electron chi connectivity index (χ0n) is 16.4. The van der Waals surface area contributed by atoms with Crippen LogP contribution in [-0.4, -0.2) is 48.6 Å². The highest BCUT2D eigenvalue weighted by molar-refractivity contribution is 5.94. The minimum Gasteiger partial charge on any atom is -0.439 e. The van der Waals surface area contributed by atoms with Gasteiger partial charge in [0.1, 0.15) is 11.9 Å². The number of rotatable bonds is 6. The van der Waals surface area contributed by atoms with Crippen LogP contribution in [0.4, 0.5) is 5.69 Å². The van der Waals surface area contributed by atoms with Crippen molar-refractivity contribution in [1.82, 2.24) is 9.88 Å². The molecule has 0 spiro atoms. The number of carbonyl (C=O) groups is 1. The molecule has 1 aromatic carbocycles. The molecule has 1 N–H and O–H groups in total. The molecule has 2 aromatic rings. The van der Waals surface area contributed by atoms with Crippen LogP contribution in [0.25, 0.3) is 0 Å². The van der Waals surface area contributed by atoms with E-state index in [1.54, 1.807) is 18.3 Å². The average molecular weight is 369 g/mol. The van der Waals surface area contributed by atoms with E-state index >= 15 is 0 Å². The Morgan fingerprint density at radius 3 is 2.70 bits per heavy atom. The van der Waals surface area contributed by atoms with Crippen molar-refractivity contribution in [2.45, 2.75) is 38.9 Å². The molecule has 1 amide bonds. The Morgan fingerprint density at radius 2 is 2.04 bits per heavy atom. The molecule has 144 valence electrons. The average Bonchev–Trinajstić information content (AvgIpc) is 3.08. The summed E-state index contributed by atoms with van der Waals surface area (Å²) >= 11 is 0. The van der Waals surface area contributed by atoms with Crippen LogP contribution in [0.2, 0.25) is 0 Å². The lowest BCUT2D eigenvalue weighted by Gasteiger charge is -2.17. The first kappa shape index (κ1) is 19.3. The Hall–Kier alpha value is -2.44. The molecule has 1 aliphatic rings. The third kappa shape index (κ3) is 5.28. The number of pyridine rings is 1. The number of aryl methyl sites for hydroxylation is 2. The molecule has 0 aliphatic carbocycles. The van der Waals surface area contributed by atoms with E-state index < -0.39 is 6.10 Å². The molecule has 0 bridgehead atoms. The number of nitrogens with one attached hydrogen (secondary N) is 1. The van der Waals surface area contributed by atoms with Gasteiger partial charge in [0.2, 0.25) is 5.88 Å². The van der Waals surface area contributed by atoms with Crippen LogP contribution < -0.4 is 10.1 Å². The van der Waals surface area contributed by atoms with Gasteiger partial charge in [0, 0.05) is 12.6 Å². The van der Waals surface area contributed by atoms with Gasteiger partial charge in [-0.2, -0.15) is 0 Å². The molecule has 1 aliphatic heterocycles. The lowest BCUT2D eigenvalue weighted by atomic mass is 10.1. The van der Waals surface area contributed by atoms with E-state index in [0.717, 1.165) is 25.1 Å². The monoisotopic (exact) mass is 369 g/mol. The zero-order valence-corrected chi connectivity index (χ0v) is 16.4. The number of hydrogen-bond donors (Lipinski definition) is 1. The van der Waals surface area contributed by atoms with Crippen LogP contribution in [-0.2, 0) is 9.53 Å². The number of anilines is 1. The van der Waals surface area contributed by atoms with Crippen molar-refractivity contribution in [2.24, 2.45) is 0 Å². The smallest absolute Gasteiger partial charge is 0.253 e. The summed E-state index contributed by atoms with van der Waals surface area (Å²) in [5, 5.41) is 2.87.